The number of ether oxygens (including phenoxy) is 2. The van der Waals surface area contributed by atoms with Crippen LogP contribution in [0.3, 0.4) is 0 Å². The molecule has 2 atom stereocenters. The van der Waals surface area contributed by atoms with Crippen LogP contribution in [0.15, 0.2) is 48.5 Å². The smallest absolute Gasteiger partial charge is 0.339 e. The third kappa shape index (κ3) is 4.44. The number of nitrogens with one attached hydrogen (secondary N) is 1. The van der Waals surface area contributed by atoms with E-state index in [2.05, 4.69) is 5.32 Å². The van der Waals surface area contributed by atoms with E-state index in [4.69, 9.17) is 14.6 Å². The molecule has 0 unspecified atom stereocenters. The number of amides is 1. The first kappa shape index (κ1) is 18.4. The first-order valence-electron chi connectivity index (χ1n) is 8.48. The van der Waals surface area contributed by atoms with Gasteiger partial charge in [0, 0.05) is 6.42 Å². The molecule has 1 aliphatic rings. The number of carboxylic acid groups (broad SMARTS) is 1. The van der Waals surface area contributed by atoms with E-state index in [9.17, 15) is 14.4 Å². The van der Waals surface area contributed by atoms with Crippen LogP contribution >= 0.6 is 0 Å². The van der Waals surface area contributed by atoms with Crippen LogP contribution in [0, 0.1) is 0 Å². The third-order valence-electron chi connectivity index (χ3n) is 4.26. The lowest BCUT2D eigenvalue weighted by molar-refractivity contribution is -0.141. The number of esters is 1. The number of fused-ring (bicyclic) bond motifs is 1. The van der Waals surface area contributed by atoms with Crippen molar-refractivity contribution >= 4 is 17.8 Å². The quantitative estimate of drug-likeness (QED) is 0.756. The second-order valence-electron chi connectivity index (χ2n) is 6.24. The molecule has 0 fully saturated rings. The fraction of sp³-hybridized carbons (Fsp3) is 0.250. The number of hydrogen-bond acceptors (Lipinski definition) is 5. The van der Waals surface area contributed by atoms with Crippen LogP contribution in [0.5, 0.6) is 5.75 Å². The molecule has 2 aromatic rings. The molecule has 2 aromatic carbocycles. The summed E-state index contributed by atoms with van der Waals surface area (Å²) < 4.78 is 10.9. The molecule has 1 amide bonds. The largest absolute Gasteiger partial charge is 0.484 e. The Bertz CT molecular complexity index is 861. The van der Waals surface area contributed by atoms with Crippen molar-refractivity contribution in [2.24, 2.45) is 0 Å². The summed E-state index contributed by atoms with van der Waals surface area (Å²) in [6.07, 6.45) is 0.221. The number of carbonyl (C=O) groups excluding carboxylic acids is 2. The molecule has 0 saturated heterocycles. The van der Waals surface area contributed by atoms with Crippen molar-refractivity contribution in [1.29, 1.82) is 0 Å². The van der Waals surface area contributed by atoms with E-state index in [0.717, 1.165) is 11.1 Å². The van der Waals surface area contributed by atoms with Gasteiger partial charge in [-0.25, -0.2) is 4.79 Å². The van der Waals surface area contributed by atoms with Crippen LogP contribution in [0.2, 0.25) is 0 Å². The van der Waals surface area contributed by atoms with Crippen molar-refractivity contribution in [1.82, 2.24) is 5.32 Å². The second-order valence-corrected chi connectivity index (χ2v) is 6.24. The molecular formula is C20H19NO6. The average Bonchev–Trinajstić information content (AvgIpc) is 2.66. The molecule has 0 radical (unpaired) electrons. The van der Waals surface area contributed by atoms with E-state index in [1.165, 1.54) is 6.92 Å². The molecule has 0 aromatic heterocycles. The van der Waals surface area contributed by atoms with E-state index >= 15 is 0 Å². The lowest BCUT2D eigenvalue weighted by atomic mass is 9.95. The van der Waals surface area contributed by atoms with Gasteiger partial charge in [-0.05, 0) is 36.2 Å². The zero-order valence-electron chi connectivity index (χ0n) is 14.7. The van der Waals surface area contributed by atoms with Crippen LogP contribution in [-0.4, -0.2) is 35.6 Å². The first-order chi connectivity index (χ1) is 12.9. The molecule has 0 aliphatic carbocycles. The fourth-order valence-electron chi connectivity index (χ4n) is 2.79. The van der Waals surface area contributed by atoms with E-state index in [-0.39, 0.29) is 18.7 Å². The van der Waals surface area contributed by atoms with Crippen molar-refractivity contribution in [3.8, 4) is 5.75 Å². The average molecular weight is 369 g/mol. The molecule has 3 rings (SSSR count). The number of cyclic esters (lactones) is 1. The van der Waals surface area contributed by atoms with Gasteiger partial charge in [-0.15, -0.1) is 0 Å². The molecule has 0 bridgehead atoms. The summed E-state index contributed by atoms with van der Waals surface area (Å²) >= 11 is 0. The first-order valence-corrected chi connectivity index (χ1v) is 8.48. The Labute approximate surface area is 155 Å². The Balaban J connectivity index is 1.59. The van der Waals surface area contributed by atoms with Crippen LogP contribution < -0.4 is 10.1 Å². The zero-order chi connectivity index (χ0) is 19.4. The molecule has 0 spiro atoms. The monoisotopic (exact) mass is 369 g/mol. The molecule has 2 N–H and O–H groups in total. The van der Waals surface area contributed by atoms with E-state index < -0.39 is 17.9 Å². The predicted molar refractivity (Wildman–Crippen MR) is 95.5 cm³/mol. The highest BCUT2D eigenvalue weighted by Gasteiger charge is 2.27. The maximum atomic E-state index is 12.1. The lowest BCUT2D eigenvalue weighted by Crippen LogP contribution is -2.40. The molecule has 140 valence electrons. The minimum Gasteiger partial charge on any atom is -0.484 e. The summed E-state index contributed by atoms with van der Waals surface area (Å²) in [5, 5.41) is 11.1. The van der Waals surface area contributed by atoms with Crippen LogP contribution in [-0.2, 0) is 20.7 Å². The maximum Gasteiger partial charge on any atom is 0.339 e. The number of carboxylic acids is 1. The molecule has 0 saturated carbocycles. The molecule has 1 aliphatic heterocycles. The number of rotatable bonds is 6. The number of carbonyl (C=O) groups is 3. The maximum absolute atomic E-state index is 12.1. The highest BCUT2D eigenvalue weighted by Crippen LogP contribution is 2.31. The standard InChI is InChI=1S/C20H19NO6/c1-12(19(23)24)21-18(22)11-26-15-8-6-13(7-9-15)17-10-14-4-2-3-5-16(14)20(25)27-17/h2-9,12,17H,10-11H2,1H3,(H,21,22)(H,23,24)/t12-,17-/m0/s1. The van der Waals surface area contributed by atoms with Gasteiger partial charge in [0.15, 0.2) is 6.61 Å². The summed E-state index contributed by atoms with van der Waals surface area (Å²) in [6, 6.07) is 13.3. The van der Waals surface area contributed by atoms with Crippen LogP contribution in [0.25, 0.3) is 0 Å². The topological polar surface area (TPSA) is 102 Å². The summed E-state index contributed by atoms with van der Waals surface area (Å²) in [5.41, 5.74) is 2.37. The van der Waals surface area contributed by atoms with Gasteiger partial charge < -0.3 is 19.9 Å². The summed E-state index contributed by atoms with van der Waals surface area (Å²) in [5.74, 6) is -1.52. The van der Waals surface area contributed by atoms with Gasteiger partial charge in [-0.3, -0.25) is 9.59 Å². The Morgan fingerprint density at radius 3 is 2.63 bits per heavy atom. The normalized spacial score (nSPS) is 16.6. The van der Waals surface area contributed by atoms with Crippen molar-refractivity contribution in [3.63, 3.8) is 0 Å². The number of hydrogen-bond donors (Lipinski definition) is 2. The van der Waals surface area contributed by atoms with Gasteiger partial charge in [-0.1, -0.05) is 30.3 Å². The van der Waals surface area contributed by atoms with Gasteiger partial charge in [0.1, 0.15) is 17.9 Å². The number of benzene rings is 2. The molecule has 1 heterocycles. The van der Waals surface area contributed by atoms with Gasteiger partial charge in [0.2, 0.25) is 0 Å². The van der Waals surface area contributed by atoms with Crippen molar-refractivity contribution in [2.45, 2.75) is 25.5 Å². The SMILES string of the molecule is C[C@H](NC(=O)COc1ccc([C@@H]2Cc3ccccc3C(=O)O2)cc1)C(=O)O. The Morgan fingerprint density at radius 1 is 1.22 bits per heavy atom. The summed E-state index contributed by atoms with van der Waals surface area (Å²) in [6.45, 7) is 1.08. The Morgan fingerprint density at radius 2 is 1.93 bits per heavy atom. The minimum atomic E-state index is -1.11. The van der Waals surface area contributed by atoms with Crippen molar-refractivity contribution < 1.29 is 29.0 Å². The predicted octanol–water partition coefficient (Wildman–Crippen LogP) is 2.11. The van der Waals surface area contributed by atoms with Gasteiger partial charge in [0.25, 0.3) is 5.91 Å². The van der Waals surface area contributed by atoms with Crippen LogP contribution in [0.1, 0.15) is 34.5 Å². The van der Waals surface area contributed by atoms with E-state index in [1.54, 1.807) is 36.4 Å². The zero-order valence-corrected chi connectivity index (χ0v) is 14.7. The lowest BCUT2D eigenvalue weighted by Gasteiger charge is -2.25. The molecular weight excluding hydrogens is 350 g/mol. The molecule has 7 heteroatoms. The molecule has 27 heavy (non-hydrogen) atoms. The minimum absolute atomic E-state index is 0.289. The van der Waals surface area contributed by atoms with E-state index in [0.29, 0.717) is 17.7 Å². The van der Waals surface area contributed by atoms with Gasteiger partial charge in [-0.2, -0.15) is 0 Å². The molecule has 7 nitrogen and oxygen atoms in total. The van der Waals surface area contributed by atoms with Gasteiger partial charge >= 0.3 is 11.9 Å². The highest BCUT2D eigenvalue weighted by molar-refractivity contribution is 5.92. The van der Waals surface area contributed by atoms with Crippen LogP contribution in [0.4, 0.5) is 0 Å². The third-order valence-corrected chi connectivity index (χ3v) is 4.26. The second kappa shape index (κ2) is 7.90. The van der Waals surface area contributed by atoms with Gasteiger partial charge in [0.05, 0.1) is 5.56 Å². The van der Waals surface area contributed by atoms with E-state index in [1.807, 2.05) is 12.1 Å². The van der Waals surface area contributed by atoms with Crippen molar-refractivity contribution in [2.75, 3.05) is 6.61 Å². The summed E-state index contributed by atoms with van der Waals surface area (Å²) in [4.78, 5) is 34.5. The summed E-state index contributed by atoms with van der Waals surface area (Å²) in [7, 11) is 0. The Kier molecular flexibility index (Phi) is 5.40. The van der Waals surface area contributed by atoms with Crippen molar-refractivity contribution in [3.05, 3.63) is 65.2 Å². The Hall–Kier alpha value is -3.35. The highest BCUT2D eigenvalue weighted by atomic mass is 16.5. The number of aliphatic carboxylic acids is 1. The fourth-order valence-corrected chi connectivity index (χ4v) is 2.79.